The Bertz CT molecular complexity index is 453. The van der Waals surface area contributed by atoms with Gasteiger partial charge in [-0.05, 0) is 36.4 Å². The third kappa shape index (κ3) is 2.80. The average molecular weight is 266 g/mol. The molecule has 3 heteroatoms. The fourth-order valence-electron chi connectivity index (χ4n) is 1.12. The van der Waals surface area contributed by atoms with Crippen molar-refractivity contribution in [3.63, 3.8) is 0 Å². The fourth-order valence-corrected chi connectivity index (χ4v) is 1.38. The van der Waals surface area contributed by atoms with Crippen LogP contribution in [0.15, 0.2) is 46.9 Å². The van der Waals surface area contributed by atoms with Gasteiger partial charge in [0.05, 0.1) is 0 Å². The zero-order valence-electron chi connectivity index (χ0n) is 7.71. The minimum Gasteiger partial charge on any atom is -0.457 e. The molecule has 0 N–H and O–H groups in total. The van der Waals surface area contributed by atoms with Gasteiger partial charge in [-0.15, -0.1) is 0 Å². The molecular weight excluding hydrogens is 259 g/mol. The number of halogens is 2. The Morgan fingerprint density at radius 2 is 1.80 bits per heavy atom. The Morgan fingerprint density at radius 1 is 1.07 bits per heavy atom. The molecule has 0 aliphatic heterocycles. The highest BCUT2D eigenvalue weighted by Gasteiger charge is 1.98. The monoisotopic (exact) mass is 265 g/mol. The third-order valence-corrected chi connectivity index (χ3v) is 2.32. The van der Waals surface area contributed by atoms with Crippen LogP contribution in [0, 0.1) is 11.9 Å². The van der Waals surface area contributed by atoms with E-state index in [2.05, 4.69) is 22.0 Å². The topological polar surface area (TPSA) is 9.23 Å². The maximum atomic E-state index is 12.8. The lowest BCUT2D eigenvalue weighted by molar-refractivity contribution is 0.476. The number of rotatable bonds is 2. The maximum absolute atomic E-state index is 12.8. The van der Waals surface area contributed by atoms with Crippen molar-refractivity contribution in [2.24, 2.45) is 0 Å². The summed E-state index contributed by atoms with van der Waals surface area (Å²) in [6, 6.07) is 14.2. The van der Waals surface area contributed by atoms with Gasteiger partial charge >= 0.3 is 0 Å². The standard InChI is InChI=1S/C12H7BrFO/c13-9-4-6-11(7-5-9)15-12-3-1-2-10(14)8-12/h1,3-8H. The minimum atomic E-state index is -0.426. The lowest BCUT2D eigenvalue weighted by Crippen LogP contribution is -1.84. The highest BCUT2D eigenvalue weighted by atomic mass is 79.9. The SMILES string of the molecule is Fc1[c]ccc(Oc2ccc(Br)cc2)c1. The molecule has 0 atom stereocenters. The molecule has 2 aromatic carbocycles. The van der Waals surface area contributed by atoms with Crippen LogP contribution in [0.5, 0.6) is 11.5 Å². The van der Waals surface area contributed by atoms with Gasteiger partial charge in [0.25, 0.3) is 0 Å². The van der Waals surface area contributed by atoms with E-state index in [0.717, 1.165) is 4.47 Å². The summed E-state index contributed by atoms with van der Waals surface area (Å²) in [7, 11) is 0. The molecule has 15 heavy (non-hydrogen) atoms. The Kier molecular flexibility index (Phi) is 3.02. The van der Waals surface area contributed by atoms with E-state index in [1.54, 1.807) is 18.2 Å². The maximum Gasteiger partial charge on any atom is 0.134 e. The first-order chi connectivity index (χ1) is 7.24. The van der Waals surface area contributed by atoms with E-state index in [1.807, 2.05) is 12.1 Å². The van der Waals surface area contributed by atoms with Crippen molar-refractivity contribution >= 4 is 15.9 Å². The lowest BCUT2D eigenvalue weighted by Gasteiger charge is -2.04. The van der Waals surface area contributed by atoms with Crippen LogP contribution in [0.4, 0.5) is 4.39 Å². The summed E-state index contributed by atoms with van der Waals surface area (Å²) in [5.41, 5.74) is 0. The largest absolute Gasteiger partial charge is 0.457 e. The number of ether oxygens (including phenoxy) is 1. The fraction of sp³-hybridized carbons (Fsp3) is 0. The molecule has 0 spiro atoms. The van der Waals surface area contributed by atoms with Crippen LogP contribution in [0.1, 0.15) is 0 Å². The van der Waals surface area contributed by atoms with Crippen molar-refractivity contribution in [3.8, 4) is 11.5 Å². The van der Waals surface area contributed by atoms with Gasteiger partial charge in [0.2, 0.25) is 0 Å². The van der Waals surface area contributed by atoms with E-state index in [0.29, 0.717) is 11.5 Å². The smallest absolute Gasteiger partial charge is 0.134 e. The van der Waals surface area contributed by atoms with Crippen LogP contribution >= 0.6 is 15.9 Å². The molecule has 0 aliphatic carbocycles. The molecule has 0 aliphatic rings. The highest BCUT2D eigenvalue weighted by molar-refractivity contribution is 9.10. The quantitative estimate of drug-likeness (QED) is 0.792. The second-order valence-corrected chi connectivity index (χ2v) is 3.84. The molecule has 0 amide bonds. The van der Waals surface area contributed by atoms with Gasteiger partial charge in [-0.2, -0.15) is 0 Å². The van der Waals surface area contributed by atoms with Gasteiger partial charge in [0.15, 0.2) is 0 Å². The molecule has 2 aromatic rings. The molecule has 0 saturated carbocycles. The minimum absolute atomic E-state index is 0.426. The molecule has 0 fully saturated rings. The van der Waals surface area contributed by atoms with Gasteiger partial charge in [0, 0.05) is 16.6 Å². The Hall–Kier alpha value is -1.35. The summed E-state index contributed by atoms with van der Waals surface area (Å²) in [6.07, 6.45) is 0. The molecule has 75 valence electrons. The van der Waals surface area contributed by atoms with E-state index in [1.165, 1.54) is 12.1 Å². The first-order valence-corrected chi connectivity index (χ1v) is 5.14. The van der Waals surface area contributed by atoms with Gasteiger partial charge in [-0.1, -0.05) is 15.9 Å². The number of hydrogen-bond donors (Lipinski definition) is 0. The molecule has 0 saturated heterocycles. The third-order valence-electron chi connectivity index (χ3n) is 1.79. The van der Waals surface area contributed by atoms with Crippen LogP contribution in [-0.2, 0) is 0 Å². The Morgan fingerprint density at radius 3 is 2.47 bits per heavy atom. The average Bonchev–Trinajstić information content (AvgIpc) is 2.22. The Labute approximate surface area is 95.6 Å². The second-order valence-electron chi connectivity index (χ2n) is 2.93. The summed E-state index contributed by atoms with van der Waals surface area (Å²) < 4.78 is 19.2. The van der Waals surface area contributed by atoms with Crippen LogP contribution < -0.4 is 4.74 Å². The van der Waals surface area contributed by atoms with E-state index in [9.17, 15) is 4.39 Å². The van der Waals surface area contributed by atoms with Gasteiger partial charge < -0.3 is 4.74 Å². The molecule has 0 heterocycles. The summed E-state index contributed by atoms with van der Waals surface area (Å²) in [6.45, 7) is 0. The van der Waals surface area contributed by atoms with Crippen molar-refractivity contribution < 1.29 is 9.13 Å². The Balaban J connectivity index is 2.18. The molecule has 2 rings (SSSR count). The van der Waals surface area contributed by atoms with Crippen molar-refractivity contribution in [1.29, 1.82) is 0 Å². The normalized spacial score (nSPS) is 10.0. The molecule has 1 nitrogen and oxygen atoms in total. The molecular formula is C12H7BrFO. The summed E-state index contributed by atoms with van der Waals surface area (Å²) in [5.74, 6) is 0.710. The van der Waals surface area contributed by atoms with Crippen molar-refractivity contribution in [2.45, 2.75) is 0 Å². The van der Waals surface area contributed by atoms with Gasteiger partial charge in [0.1, 0.15) is 17.3 Å². The number of hydrogen-bond acceptors (Lipinski definition) is 1. The zero-order valence-corrected chi connectivity index (χ0v) is 9.29. The van der Waals surface area contributed by atoms with E-state index < -0.39 is 5.82 Å². The molecule has 0 bridgehead atoms. The van der Waals surface area contributed by atoms with E-state index in [-0.39, 0.29) is 0 Å². The van der Waals surface area contributed by atoms with Gasteiger partial charge in [-0.25, -0.2) is 4.39 Å². The van der Waals surface area contributed by atoms with E-state index >= 15 is 0 Å². The van der Waals surface area contributed by atoms with Crippen molar-refractivity contribution in [2.75, 3.05) is 0 Å². The van der Waals surface area contributed by atoms with Crippen LogP contribution in [0.25, 0.3) is 0 Å². The second kappa shape index (κ2) is 4.45. The highest BCUT2D eigenvalue weighted by Crippen LogP contribution is 2.23. The van der Waals surface area contributed by atoms with Crippen LogP contribution in [-0.4, -0.2) is 0 Å². The number of benzene rings is 2. The zero-order chi connectivity index (χ0) is 10.7. The molecule has 0 aromatic heterocycles. The van der Waals surface area contributed by atoms with E-state index in [4.69, 9.17) is 4.74 Å². The summed E-state index contributed by atoms with van der Waals surface area (Å²) in [5, 5.41) is 0. The predicted octanol–water partition coefficient (Wildman–Crippen LogP) is 4.18. The molecule has 1 radical (unpaired) electrons. The lowest BCUT2D eigenvalue weighted by atomic mass is 10.3. The first kappa shape index (κ1) is 10.2. The van der Waals surface area contributed by atoms with Crippen molar-refractivity contribution in [1.82, 2.24) is 0 Å². The first-order valence-electron chi connectivity index (χ1n) is 4.35. The van der Waals surface area contributed by atoms with Gasteiger partial charge in [-0.3, -0.25) is 0 Å². The summed E-state index contributed by atoms with van der Waals surface area (Å²) in [4.78, 5) is 0. The predicted molar refractivity (Wildman–Crippen MR) is 59.5 cm³/mol. The molecule has 0 unspecified atom stereocenters. The van der Waals surface area contributed by atoms with Crippen molar-refractivity contribution in [3.05, 3.63) is 58.8 Å². The summed E-state index contributed by atoms with van der Waals surface area (Å²) >= 11 is 3.32. The van der Waals surface area contributed by atoms with Crippen LogP contribution in [0.3, 0.4) is 0 Å². The van der Waals surface area contributed by atoms with Crippen LogP contribution in [0.2, 0.25) is 0 Å².